The fourth-order valence-corrected chi connectivity index (χ4v) is 1.79. The second-order valence-corrected chi connectivity index (χ2v) is 4.17. The summed E-state index contributed by atoms with van der Waals surface area (Å²) >= 11 is 0. The van der Waals surface area contributed by atoms with E-state index in [4.69, 9.17) is 4.74 Å². The molecule has 0 saturated heterocycles. The van der Waals surface area contributed by atoms with Crippen LogP contribution < -0.4 is 4.74 Å². The van der Waals surface area contributed by atoms with Crippen molar-refractivity contribution in [3.8, 4) is 11.4 Å². The number of aromatic nitrogens is 3. The van der Waals surface area contributed by atoms with Gasteiger partial charge in [-0.1, -0.05) is 18.2 Å². The molecule has 0 aliphatic rings. The maximum atomic E-state index is 13.3. The molecular weight excluding hydrogens is 257 g/mol. The van der Waals surface area contributed by atoms with Crippen molar-refractivity contribution in [2.45, 2.75) is 6.61 Å². The Morgan fingerprint density at radius 1 is 1.05 bits per heavy atom. The van der Waals surface area contributed by atoms with Gasteiger partial charge in [0.15, 0.2) is 5.75 Å². The number of nitrogens with zero attached hydrogens (tertiary/aromatic N) is 3. The summed E-state index contributed by atoms with van der Waals surface area (Å²) in [5.41, 5.74) is 1.68. The molecule has 0 fully saturated rings. The fourth-order valence-electron chi connectivity index (χ4n) is 1.79. The molecule has 0 aliphatic heterocycles. The first-order chi connectivity index (χ1) is 9.83. The summed E-state index contributed by atoms with van der Waals surface area (Å²) in [4.78, 5) is 3.53. The smallest absolute Gasteiger partial charge is 0.255 e. The van der Waals surface area contributed by atoms with Gasteiger partial charge in [-0.05, 0) is 30.3 Å². The summed E-state index contributed by atoms with van der Waals surface area (Å²) in [6.07, 6.45) is 3.22. The second-order valence-electron chi connectivity index (χ2n) is 4.17. The zero-order chi connectivity index (χ0) is 13.8. The monoisotopic (exact) mass is 269 g/mol. The highest BCUT2D eigenvalue weighted by Gasteiger charge is 2.05. The van der Waals surface area contributed by atoms with Gasteiger partial charge in [-0.25, -0.2) is 9.67 Å². The normalized spacial score (nSPS) is 10.4. The average molecular weight is 269 g/mol. The highest BCUT2D eigenvalue weighted by Crippen LogP contribution is 2.15. The van der Waals surface area contributed by atoms with Gasteiger partial charge < -0.3 is 4.74 Å². The standard InChI is InChI=1S/C15H12FN3O/c16-15-14(7-4-9-17-15)20-11-12-8-10-19(18-12)13-5-2-1-3-6-13/h1-10H,11H2. The number of rotatable bonds is 4. The van der Waals surface area contributed by atoms with Crippen molar-refractivity contribution >= 4 is 0 Å². The van der Waals surface area contributed by atoms with Gasteiger partial charge >= 0.3 is 0 Å². The number of benzene rings is 1. The second kappa shape index (κ2) is 5.52. The molecule has 0 aliphatic carbocycles. The van der Waals surface area contributed by atoms with Crippen LogP contribution in [0.2, 0.25) is 0 Å². The van der Waals surface area contributed by atoms with Crippen LogP contribution in [0.3, 0.4) is 0 Å². The number of halogens is 1. The predicted octanol–water partition coefficient (Wildman–Crippen LogP) is 2.99. The van der Waals surface area contributed by atoms with E-state index in [0.717, 1.165) is 11.4 Å². The topological polar surface area (TPSA) is 39.9 Å². The van der Waals surface area contributed by atoms with E-state index in [1.165, 1.54) is 12.3 Å². The number of hydrogen-bond acceptors (Lipinski definition) is 3. The molecule has 5 heteroatoms. The minimum Gasteiger partial charge on any atom is -0.482 e. The van der Waals surface area contributed by atoms with Crippen molar-refractivity contribution in [3.63, 3.8) is 0 Å². The lowest BCUT2D eigenvalue weighted by molar-refractivity contribution is 0.281. The first kappa shape index (κ1) is 12.3. The molecule has 3 rings (SSSR count). The molecule has 0 radical (unpaired) electrons. The molecule has 0 spiro atoms. The van der Waals surface area contributed by atoms with Crippen molar-refractivity contribution in [3.05, 3.63) is 72.6 Å². The Bertz CT molecular complexity index is 697. The van der Waals surface area contributed by atoms with Crippen molar-refractivity contribution in [1.29, 1.82) is 0 Å². The molecule has 1 aromatic carbocycles. The van der Waals surface area contributed by atoms with E-state index in [9.17, 15) is 4.39 Å². The molecule has 3 aromatic rings. The third kappa shape index (κ3) is 2.66. The molecule has 0 amide bonds. The van der Waals surface area contributed by atoms with Crippen molar-refractivity contribution in [2.24, 2.45) is 0 Å². The largest absolute Gasteiger partial charge is 0.482 e. The molecule has 0 bridgehead atoms. The first-order valence-electron chi connectivity index (χ1n) is 6.16. The van der Waals surface area contributed by atoms with E-state index in [-0.39, 0.29) is 12.4 Å². The highest BCUT2D eigenvalue weighted by atomic mass is 19.1. The Morgan fingerprint density at radius 2 is 1.90 bits per heavy atom. The van der Waals surface area contributed by atoms with Crippen LogP contribution >= 0.6 is 0 Å². The minimum atomic E-state index is -0.616. The van der Waals surface area contributed by atoms with Gasteiger partial charge in [-0.15, -0.1) is 0 Å². The SMILES string of the molecule is Fc1ncccc1OCc1ccn(-c2ccccc2)n1. The number of hydrogen-bond donors (Lipinski definition) is 0. The Labute approximate surface area is 115 Å². The number of para-hydroxylation sites is 1. The van der Waals surface area contributed by atoms with Gasteiger partial charge in [0.2, 0.25) is 0 Å². The highest BCUT2D eigenvalue weighted by molar-refractivity contribution is 5.30. The van der Waals surface area contributed by atoms with Gasteiger partial charge in [0.05, 0.1) is 5.69 Å². The predicted molar refractivity (Wildman–Crippen MR) is 72.1 cm³/mol. The summed E-state index contributed by atoms with van der Waals surface area (Å²) in [7, 11) is 0. The zero-order valence-corrected chi connectivity index (χ0v) is 10.6. The summed E-state index contributed by atoms with van der Waals surface area (Å²) in [5.74, 6) is -0.489. The summed E-state index contributed by atoms with van der Waals surface area (Å²) < 4.78 is 20.4. The van der Waals surface area contributed by atoms with Gasteiger partial charge in [0.1, 0.15) is 12.3 Å². The molecular formula is C15H12FN3O. The van der Waals surface area contributed by atoms with Gasteiger partial charge in [-0.2, -0.15) is 9.49 Å². The molecule has 20 heavy (non-hydrogen) atoms. The van der Waals surface area contributed by atoms with Crippen LogP contribution in [0.4, 0.5) is 4.39 Å². The van der Waals surface area contributed by atoms with Crippen LogP contribution in [0.15, 0.2) is 60.9 Å². The Kier molecular flexibility index (Phi) is 3.41. The molecule has 0 saturated carbocycles. The molecule has 4 nitrogen and oxygen atoms in total. The van der Waals surface area contributed by atoms with E-state index >= 15 is 0 Å². The van der Waals surface area contributed by atoms with Crippen molar-refractivity contribution in [2.75, 3.05) is 0 Å². The van der Waals surface area contributed by atoms with Gasteiger partial charge in [0.25, 0.3) is 5.95 Å². The van der Waals surface area contributed by atoms with E-state index in [1.807, 2.05) is 42.6 Å². The maximum Gasteiger partial charge on any atom is 0.255 e. The van der Waals surface area contributed by atoms with E-state index in [1.54, 1.807) is 10.7 Å². The van der Waals surface area contributed by atoms with Crippen LogP contribution in [-0.4, -0.2) is 14.8 Å². The minimum absolute atomic E-state index is 0.127. The molecule has 0 unspecified atom stereocenters. The number of pyridine rings is 1. The van der Waals surface area contributed by atoms with E-state index in [2.05, 4.69) is 10.1 Å². The molecule has 2 aromatic heterocycles. The van der Waals surface area contributed by atoms with Gasteiger partial charge in [0, 0.05) is 12.4 Å². The zero-order valence-electron chi connectivity index (χ0n) is 10.6. The van der Waals surface area contributed by atoms with E-state index in [0.29, 0.717) is 0 Å². The molecule has 0 atom stereocenters. The summed E-state index contributed by atoms with van der Waals surface area (Å²) in [6, 6.07) is 14.7. The fraction of sp³-hybridized carbons (Fsp3) is 0.0667. The van der Waals surface area contributed by atoms with Crippen LogP contribution in [-0.2, 0) is 6.61 Å². The van der Waals surface area contributed by atoms with Crippen LogP contribution in [0, 0.1) is 5.95 Å². The first-order valence-corrected chi connectivity index (χ1v) is 6.16. The van der Waals surface area contributed by atoms with Crippen LogP contribution in [0.1, 0.15) is 5.69 Å². The van der Waals surface area contributed by atoms with Gasteiger partial charge in [-0.3, -0.25) is 0 Å². The lowest BCUT2D eigenvalue weighted by Crippen LogP contribution is -2.01. The van der Waals surface area contributed by atoms with Crippen molar-refractivity contribution in [1.82, 2.24) is 14.8 Å². The molecule has 100 valence electrons. The Morgan fingerprint density at radius 3 is 2.70 bits per heavy atom. The average Bonchev–Trinajstić information content (AvgIpc) is 2.96. The van der Waals surface area contributed by atoms with Crippen LogP contribution in [0.25, 0.3) is 5.69 Å². The third-order valence-corrected chi connectivity index (χ3v) is 2.77. The lowest BCUT2D eigenvalue weighted by Gasteiger charge is -2.04. The van der Waals surface area contributed by atoms with Crippen molar-refractivity contribution < 1.29 is 9.13 Å². The Hall–Kier alpha value is -2.69. The summed E-state index contributed by atoms with van der Waals surface area (Å²) in [5, 5.41) is 4.37. The summed E-state index contributed by atoms with van der Waals surface area (Å²) in [6.45, 7) is 0.197. The molecule has 0 N–H and O–H groups in total. The third-order valence-electron chi connectivity index (χ3n) is 2.77. The molecule has 2 heterocycles. The Balaban J connectivity index is 1.71. The lowest BCUT2D eigenvalue weighted by atomic mass is 10.3. The quantitative estimate of drug-likeness (QED) is 0.684. The van der Waals surface area contributed by atoms with E-state index < -0.39 is 5.95 Å². The number of ether oxygens (including phenoxy) is 1. The maximum absolute atomic E-state index is 13.3. The van der Waals surface area contributed by atoms with Crippen LogP contribution in [0.5, 0.6) is 5.75 Å².